The van der Waals surface area contributed by atoms with Crippen molar-refractivity contribution in [3.05, 3.63) is 36.5 Å². The van der Waals surface area contributed by atoms with E-state index in [0.717, 1.165) is 64.2 Å². The molecule has 1 rings (SSSR count). The molecular weight excluding hydrogens is 1000 g/mol. The molecule has 1 aliphatic heterocycles. The average molecular weight is 1130 g/mol. The first-order chi connectivity index (χ1) is 39.2. The number of allylic oxidation sites excluding steroid dienone is 5. The van der Waals surface area contributed by atoms with Gasteiger partial charge in [-0.05, 0) is 57.8 Å². The van der Waals surface area contributed by atoms with Gasteiger partial charge in [-0.25, -0.2) is 0 Å². The van der Waals surface area contributed by atoms with Crippen molar-refractivity contribution in [1.29, 1.82) is 0 Å². The number of amides is 1. The Hall–Kier alpha value is -2.12. The van der Waals surface area contributed by atoms with E-state index in [1.165, 1.54) is 218 Å². The molecule has 0 aromatic heterocycles. The number of unbranched alkanes of at least 4 members (excludes halogenated alkanes) is 41. The molecule has 1 fully saturated rings. The fourth-order valence-corrected chi connectivity index (χ4v) is 10.9. The first kappa shape index (κ1) is 75.9. The van der Waals surface area contributed by atoms with Gasteiger partial charge in [0.25, 0.3) is 0 Å². The van der Waals surface area contributed by atoms with Gasteiger partial charge in [-0.15, -0.1) is 0 Å². The van der Waals surface area contributed by atoms with Crippen molar-refractivity contribution in [3.63, 3.8) is 0 Å². The number of esters is 1. The Morgan fingerprint density at radius 3 is 1.30 bits per heavy atom. The van der Waals surface area contributed by atoms with E-state index in [1.807, 2.05) is 6.08 Å². The summed E-state index contributed by atoms with van der Waals surface area (Å²) in [4.78, 5) is 26.6. The molecule has 0 bridgehead atoms. The SMILES string of the molecule is CCCCC/C=C\C/C=C\CCCCCCCCCCCCCCCCCCCC(=O)OC1C(OCC(NC(=O)C(O)CCCCCCCCCCCCCCC)C(O)/C=C/CCCCCCCCCCC)OC(CO)C(O)C1O. The number of rotatable bonds is 59. The van der Waals surface area contributed by atoms with Crippen LogP contribution in [-0.2, 0) is 23.8 Å². The lowest BCUT2D eigenvalue weighted by Crippen LogP contribution is -2.61. The molecule has 11 nitrogen and oxygen atoms in total. The zero-order chi connectivity index (χ0) is 58.2. The molecule has 0 spiro atoms. The largest absolute Gasteiger partial charge is 0.454 e. The minimum Gasteiger partial charge on any atom is -0.454 e. The molecule has 470 valence electrons. The molecule has 0 saturated carbocycles. The van der Waals surface area contributed by atoms with Crippen LogP contribution in [0.1, 0.15) is 329 Å². The highest BCUT2D eigenvalue weighted by Gasteiger charge is 2.47. The van der Waals surface area contributed by atoms with Gasteiger partial charge in [0.15, 0.2) is 12.4 Å². The van der Waals surface area contributed by atoms with Crippen LogP contribution in [0, 0.1) is 0 Å². The number of hydrogen-bond donors (Lipinski definition) is 6. The number of hydrogen-bond acceptors (Lipinski definition) is 10. The third kappa shape index (κ3) is 44.4. The van der Waals surface area contributed by atoms with Crippen LogP contribution < -0.4 is 5.32 Å². The molecule has 0 aliphatic carbocycles. The van der Waals surface area contributed by atoms with Gasteiger partial charge in [0.05, 0.1) is 25.4 Å². The van der Waals surface area contributed by atoms with E-state index in [0.29, 0.717) is 19.3 Å². The molecule has 1 heterocycles. The minimum atomic E-state index is -1.61. The van der Waals surface area contributed by atoms with Gasteiger partial charge in [0.2, 0.25) is 5.91 Å². The van der Waals surface area contributed by atoms with E-state index >= 15 is 0 Å². The van der Waals surface area contributed by atoms with Crippen molar-refractivity contribution < 1.29 is 49.3 Å². The van der Waals surface area contributed by atoms with Crippen LogP contribution in [0.5, 0.6) is 0 Å². The van der Waals surface area contributed by atoms with E-state index in [9.17, 15) is 35.1 Å². The molecule has 11 heteroatoms. The fraction of sp³-hybridized carbons (Fsp3) is 0.884. The summed E-state index contributed by atoms with van der Waals surface area (Å²) >= 11 is 0. The number of ether oxygens (including phenoxy) is 3. The van der Waals surface area contributed by atoms with Crippen LogP contribution in [0.4, 0.5) is 0 Å². The summed E-state index contributed by atoms with van der Waals surface area (Å²) in [5.41, 5.74) is 0. The van der Waals surface area contributed by atoms with Crippen LogP contribution in [0.25, 0.3) is 0 Å². The summed E-state index contributed by atoms with van der Waals surface area (Å²) in [6.07, 6.45) is 59.1. The van der Waals surface area contributed by atoms with Crippen molar-refractivity contribution in [2.75, 3.05) is 13.2 Å². The topological polar surface area (TPSA) is 175 Å². The first-order valence-electron chi connectivity index (χ1n) is 34.3. The Kier molecular flexibility index (Phi) is 54.4. The van der Waals surface area contributed by atoms with E-state index < -0.39 is 67.4 Å². The quantitative estimate of drug-likeness (QED) is 0.0195. The molecule has 8 atom stereocenters. The number of carbonyl (C=O) groups excluding carboxylic acids is 2. The van der Waals surface area contributed by atoms with Crippen molar-refractivity contribution >= 4 is 11.9 Å². The van der Waals surface area contributed by atoms with E-state index in [4.69, 9.17) is 14.2 Å². The lowest BCUT2D eigenvalue weighted by atomic mass is 9.99. The number of aliphatic hydroxyl groups excluding tert-OH is 5. The molecule has 0 radical (unpaired) electrons. The summed E-state index contributed by atoms with van der Waals surface area (Å²) in [6.45, 7) is 5.79. The standard InChI is InChI=1S/C69H129NO10/c1-4-7-10-13-16-19-22-24-25-26-27-28-29-30-31-32-33-34-35-36-37-39-42-45-48-51-54-57-64(74)80-67-66(76)65(75)63(58-71)79-69(67)78-59-60(61(72)55-52-49-46-43-40-21-18-15-12-9-6-3)70-68(77)62(73)56-53-50-47-44-41-38-23-20-17-14-11-8-5-2/h16,19,24-25,52,55,60-63,65-67,69,71-73,75-76H,4-15,17-18,20-23,26-51,53-54,56-59H2,1-3H3,(H,70,77)/b19-16-,25-24-,55-52+. The van der Waals surface area contributed by atoms with Gasteiger partial charge >= 0.3 is 5.97 Å². The predicted molar refractivity (Wildman–Crippen MR) is 334 cm³/mol. The lowest BCUT2D eigenvalue weighted by molar-refractivity contribution is -0.305. The smallest absolute Gasteiger partial charge is 0.306 e. The van der Waals surface area contributed by atoms with Crippen LogP contribution in [-0.4, -0.2) is 99.6 Å². The van der Waals surface area contributed by atoms with Crippen LogP contribution in [0.15, 0.2) is 36.5 Å². The predicted octanol–water partition coefficient (Wildman–Crippen LogP) is 17.0. The molecule has 1 amide bonds. The van der Waals surface area contributed by atoms with Gasteiger partial charge in [0.1, 0.15) is 24.4 Å². The highest BCUT2D eigenvalue weighted by Crippen LogP contribution is 2.26. The van der Waals surface area contributed by atoms with Crippen molar-refractivity contribution in [2.45, 2.75) is 378 Å². The number of nitrogens with one attached hydrogen (secondary N) is 1. The van der Waals surface area contributed by atoms with Gasteiger partial charge in [-0.3, -0.25) is 9.59 Å². The summed E-state index contributed by atoms with van der Waals surface area (Å²) in [5.74, 6) is -1.18. The van der Waals surface area contributed by atoms with Gasteiger partial charge in [-0.2, -0.15) is 0 Å². The Bertz CT molecular complexity index is 1440. The van der Waals surface area contributed by atoms with Crippen LogP contribution >= 0.6 is 0 Å². The Balaban J connectivity index is 2.51. The Morgan fingerprint density at radius 2 is 0.863 bits per heavy atom. The van der Waals surface area contributed by atoms with Gasteiger partial charge < -0.3 is 45.1 Å². The third-order valence-electron chi connectivity index (χ3n) is 16.3. The third-order valence-corrected chi connectivity index (χ3v) is 16.3. The second-order valence-corrected chi connectivity index (χ2v) is 23.9. The highest BCUT2D eigenvalue weighted by atomic mass is 16.7. The van der Waals surface area contributed by atoms with Crippen molar-refractivity contribution in [3.8, 4) is 0 Å². The summed E-state index contributed by atoms with van der Waals surface area (Å²) in [6, 6.07) is -1.02. The van der Waals surface area contributed by atoms with Crippen LogP contribution in [0.2, 0.25) is 0 Å². The van der Waals surface area contributed by atoms with Gasteiger partial charge in [0, 0.05) is 6.42 Å². The number of carbonyl (C=O) groups is 2. The summed E-state index contributed by atoms with van der Waals surface area (Å²) < 4.78 is 17.7. The van der Waals surface area contributed by atoms with Crippen molar-refractivity contribution in [1.82, 2.24) is 5.32 Å². The Morgan fingerprint density at radius 1 is 0.487 bits per heavy atom. The maximum atomic E-state index is 13.4. The molecular formula is C69H129NO10. The second kappa shape index (κ2) is 57.3. The summed E-state index contributed by atoms with van der Waals surface area (Å²) in [5, 5.41) is 57.0. The van der Waals surface area contributed by atoms with Crippen molar-refractivity contribution in [2.24, 2.45) is 0 Å². The minimum absolute atomic E-state index is 0.128. The summed E-state index contributed by atoms with van der Waals surface area (Å²) in [7, 11) is 0. The zero-order valence-electron chi connectivity index (χ0n) is 52.2. The maximum Gasteiger partial charge on any atom is 0.306 e. The highest BCUT2D eigenvalue weighted by molar-refractivity contribution is 5.80. The number of aliphatic hydroxyl groups is 5. The molecule has 0 aromatic rings. The molecule has 8 unspecified atom stereocenters. The first-order valence-corrected chi connectivity index (χ1v) is 34.3. The van der Waals surface area contributed by atoms with E-state index in [1.54, 1.807) is 6.08 Å². The normalized spacial score (nSPS) is 18.9. The lowest BCUT2D eigenvalue weighted by Gasteiger charge is -2.41. The van der Waals surface area contributed by atoms with Crippen LogP contribution in [0.3, 0.4) is 0 Å². The average Bonchev–Trinajstić information content (AvgIpc) is 3.46. The zero-order valence-corrected chi connectivity index (χ0v) is 52.2. The second-order valence-electron chi connectivity index (χ2n) is 23.9. The van der Waals surface area contributed by atoms with E-state index in [-0.39, 0.29) is 13.0 Å². The van der Waals surface area contributed by atoms with Gasteiger partial charge in [-0.1, -0.05) is 301 Å². The fourth-order valence-electron chi connectivity index (χ4n) is 10.9. The monoisotopic (exact) mass is 1130 g/mol. The maximum absolute atomic E-state index is 13.4. The molecule has 80 heavy (non-hydrogen) atoms. The molecule has 0 aromatic carbocycles. The van der Waals surface area contributed by atoms with E-state index in [2.05, 4.69) is 50.4 Å². The molecule has 6 N–H and O–H groups in total. The molecule has 1 aliphatic rings. The molecule has 1 saturated heterocycles. The Labute approximate surface area is 492 Å².